The molecule has 4 heteroatoms. The quantitative estimate of drug-likeness (QED) is 0.654. The first kappa shape index (κ1) is 18.2. The maximum absolute atomic E-state index is 12.1. The molecule has 0 aliphatic heterocycles. The predicted molar refractivity (Wildman–Crippen MR) is 85.5 cm³/mol. The minimum atomic E-state index is -0.561. The third-order valence-corrected chi connectivity index (χ3v) is 3.69. The Bertz CT molecular complexity index is 447. The molecule has 0 bridgehead atoms. The van der Waals surface area contributed by atoms with E-state index < -0.39 is 5.41 Å². The summed E-state index contributed by atoms with van der Waals surface area (Å²) in [5, 5.41) is 0. The number of esters is 2. The lowest BCUT2D eigenvalue weighted by Crippen LogP contribution is -2.33. The Morgan fingerprint density at radius 2 is 1.41 bits per heavy atom. The summed E-state index contributed by atoms with van der Waals surface area (Å²) in [4.78, 5) is 24.1. The fourth-order valence-corrected chi connectivity index (χ4v) is 2.83. The fourth-order valence-electron chi connectivity index (χ4n) is 2.83. The van der Waals surface area contributed by atoms with Crippen molar-refractivity contribution in [1.29, 1.82) is 0 Å². The van der Waals surface area contributed by atoms with Crippen LogP contribution in [0.15, 0.2) is 30.3 Å². The smallest absolute Gasteiger partial charge is 0.306 e. The average molecular weight is 306 g/mol. The summed E-state index contributed by atoms with van der Waals surface area (Å²) in [6.45, 7) is 6.30. The summed E-state index contributed by atoms with van der Waals surface area (Å²) >= 11 is 0. The molecule has 4 nitrogen and oxygen atoms in total. The zero-order valence-corrected chi connectivity index (χ0v) is 13.8. The first-order valence-corrected chi connectivity index (χ1v) is 7.94. The number of benzene rings is 1. The molecule has 0 amide bonds. The Morgan fingerprint density at radius 3 is 1.82 bits per heavy atom. The van der Waals surface area contributed by atoms with Crippen LogP contribution in [0, 0.1) is 0 Å². The molecule has 0 aliphatic rings. The molecule has 0 N–H and O–H groups in total. The van der Waals surface area contributed by atoms with Gasteiger partial charge in [-0.3, -0.25) is 9.59 Å². The highest BCUT2D eigenvalue weighted by Gasteiger charge is 2.37. The molecule has 0 spiro atoms. The Balaban J connectivity index is 3.13. The molecule has 0 saturated heterocycles. The number of ether oxygens (including phenoxy) is 2. The van der Waals surface area contributed by atoms with E-state index in [1.807, 2.05) is 37.3 Å². The van der Waals surface area contributed by atoms with Gasteiger partial charge in [-0.25, -0.2) is 0 Å². The van der Waals surface area contributed by atoms with E-state index in [2.05, 4.69) is 0 Å². The maximum Gasteiger partial charge on any atom is 0.306 e. The fraction of sp³-hybridized carbons (Fsp3) is 0.556. The van der Waals surface area contributed by atoms with Crippen LogP contribution in [0.4, 0.5) is 0 Å². The summed E-state index contributed by atoms with van der Waals surface area (Å²) in [6, 6.07) is 9.71. The monoisotopic (exact) mass is 306 g/mol. The highest BCUT2D eigenvalue weighted by Crippen LogP contribution is 2.37. The van der Waals surface area contributed by atoms with Crippen LogP contribution in [-0.2, 0) is 24.5 Å². The normalized spacial score (nSPS) is 11.0. The van der Waals surface area contributed by atoms with Crippen LogP contribution < -0.4 is 0 Å². The van der Waals surface area contributed by atoms with Gasteiger partial charge < -0.3 is 9.47 Å². The maximum atomic E-state index is 12.1. The lowest BCUT2D eigenvalue weighted by Gasteiger charge is -2.32. The molecule has 1 aromatic carbocycles. The van der Waals surface area contributed by atoms with Crippen molar-refractivity contribution in [3.8, 4) is 0 Å². The van der Waals surface area contributed by atoms with Gasteiger partial charge in [0.2, 0.25) is 0 Å². The van der Waals surface area contributed by atoms with Gasteiger partial charge in [-0.15, -0.1) is 0 Å². The van der Waals surface area contributed by atoms with Gasteiger partial charge in [0.05, 0.1) is 26.1 Å². The molecular formula is C18H26O4. The Labute approximate surface area is 132 Å². The summed E-state index contributed by atoms with van der Waals surface area (Å²) in [5.41, 5.74) is 0.423. The van der Waals surface area contributed by atoms with E-state index >= 15 is 0 Å². The highest BCUT2D eigenvalue weighted by atomic mass is 16.5. The molecule has 22 heavy (non-hydrogen) atoms. The summed E-state index contributed by atoms with van der Waals surface area (Å²) in [7, 11) is 0. The number of carbonyl (C=O) groups is 2. The van der Waals surface area contributed by atoms with Crippen LogP contribution >= 0.6 is 0 Å². The highest BCUT2D eigenvalue weighted by molar-refractivity contribution is 5.76. The van der Waals surface area contributed by atoms with E-state index in [0.717, 1.165) is 18.4 Å². The van der Waals surface area contributed by atoms with Crippen LogP contribution in [0.3, 0.4) is 0 Å². The van der Waals surface area contributed by atoms with Crippen molar-refractivity contribution in [3.63, 3.8) is 0 Å². The Hall–Kier alpha value is -1.84. The SMILES string of the molecule is CCCC(CC(=O)OCC)(CC(=O)OCC)c1ccccc1. The molecule has 0 radical (unpaired) electrons. The van der Waals surface area contributed by atoms with E-state index in [-0.39, 0.29) is 24.8 Å². The second-order valence-electron chi connectivity index (χ2n) is 5.36. The van der Waals surface area contributed by atoms with Crippen molar-refractivity contribution < 1.29 is 19.1 Å². The van der Waals surface area contributed by atoms with Gasteiger partial charge >= 0.3 is 11.9 Å². The zero-order valence-electron chi connectivity index (χ0n) is 13.8. The molecule has 0 aromatic heterocycles. The van der Waals surface area contributed by atoms with E-state index in [1.54, 1.807) is 13.8 Å². The van der Waals surface area contributed by atoms with Crippen molar-refractivity contribution in [2.24, 2.45) is 0 Å². The molecule has 0 aliphatic carbocycles. The van der Waals surface area contributed by atoms with Gasteiger partial charge in [-0.2, -0.15) is 0 Å². The van der Waals surface area contributed by atoms with Crippen molar-refractivity contribution in [2.75, 3.05) is 13.2 Å². The van der Waals surface area contributed by atoms with Gasteiger partial charge in [0, 0.05) is 5.41 Å². The Morgan fingerprint density at radius 1 is 0.909 bits per heavy atom. The van der Waals surface area contributed by atoms with Gasteiger partial charge in [0.15, 0.2) is 0 Å². The molecule has 0 atom stereocenters. The minimum absolute atomic E-state index is 0.192. The van der Waals surface area contributed by atoms with Crippen LogP contribution in [0.5, 0.6) is 0 Å². The molecule has 0 saturated carbocycles. The second-order valence-corrected chi connectivity index (χ2v) is 5.36. The number of rotatable bonds is 9. The molecule has 1 rings (SSSR count). The molecule has 1 aromatic rings. The summed E-state index contributed by atoms with van der Waals surface area (Å²) in [6.07, 6.45) is 1.98. The number of hydrogen-bond donors (Lipinski definition) is 0. The largest absolute Gasteiger partial charge is 0.466 e. The van der Waals surface area contributed by atoms with E-state index in [1.165, 1.54) is 0 Å². The first-order chi connectivity index (χ1) is 10.6. The van der Waals surface area contributed by atoms with Crippen molar-refractivity contribution in [1.82, 2.24) is 0 Å². The van der Waals surface area contributed by atoms with Crippen LogP contribution in [0.1, 0.15) is 52.0 Å². The average Bonchev–Trinajstić information content (AvgIpc) is 2.48. The lowest BCUT2D eigenvalue weighted by atomic mass is 9.71. The van der Waals surface area contributed by atoms with Crippen LogP contribution in [0.25, 0.3) is 0 Å². The van der Waals surface area contributed by atoms with Crippen molar-refractivity contribution >= 4 is 11.9 Å². The topological polar surface area (TPSA) is 52.6 Å². The molecular weight excluding hydrogens is 280 g/mol. The zero-order chi connectivity index (χ0) is 16.4. The van der Waals surface area contributed by atoms with Gasteiger partial charge in [-0.05, 0) is 25.8 Å². The lowest BCUT2D eigenvalue weighted by molar-refractivity contribution is -0.148. The standard InChI is InChI=1S/C18H26O4/c1-4-12-18(13-16(19)21-5-2,14-17(20)22-6-3)15-10-8-7-9-11-15/h7-11H,4-6,12-14H2,1-3H3. The molecule has 0 heterocycles. The third kappa shape index (κ3) is 5.17. The van der Waals surface area contributed by atoms with E-state index in [0.29, 0.717) is 13.2 Å². The van der Waals surface area contributed by atoms with Gasteiger partial charge in [0.25, 0.3) is 0 Å². The summed E-state index contributed by atoms with van der Waals surface area (Å²) < 4.78 is 10.2. The predicted octanol–water partition coefficient (Wildman–Crippen LogP) is 3.63. The Kier molecular flexibility index (Phi) is 7.64. The van der Waals surface area contributed by atoms with Crippen LogP contribution in [0.2, 0.25) is 0 Å². The van der Waals surface area contributed by atoms with Crippen molar-refractivity contribution in [2.45, 2.75) is 51.9 Å². The third-order valence-electron chi connectivity index (χ3n) is 3.69. The first-order valence-electron chi connectivity index (χ1n) is 7.94. The molecule has 122 valence electrons. The molecule has 0 fully saturated rings. The van der Waals surface area contributed by atoms with Crippen molar-refractivity contribution in [3.05, 3.63) is 35.9 Å². The molecule has 0 unspecified atom stereocenters. The van der Waals surface area contributed by atoms with E-state index in [9.17, 15) is 9.59 Å². The van der Waals surface area contributed by atoms with Gasteiger partial charge in [0.1, 0.15) is 0 Å². The summed E-state index contributed by atoms with van der Waals surface area (Å²) in [5.74, 6) is -0.548. The van der Waals surface area contributed by atoms with Gasteiger partial charge in [-0.1, -0.05) is 43.7 Å². The van der Waals surface area contributed by atoms with E-state index in [4.69, 9.17) is 9.47 Å². The minimum Gasteiger partial charge on any atom is -0.466 e. The number of hydrogen-bond acceptors (Lipinski definition) is 4. The van der Waals surface area contributed by atoms with Crippen LogP contribution in [-0.4, -0.2) is 25.2 Å². The second kappa shape index (κ2) is 9.23. The number of carbonyl (C=O) groups excluding carboxylic acids is 2.